The summed E-state index contributed by atoms with van der Waals surface area (Å²) in [7, 11) is 2.22. The van der Waals surface area contributed by atoms with Crippen molar-refractivity contribution in [2.45, 2.75) is 31.8 Å². The number of nitrogens with zero attached hydrogens (tertiary/aromatic N) is 2. The maximum absolute atomic E-state index is 3.80. The quantitative estimate of drug-likeness (QED) is 0.776. The lowest BCUT2D eigenvalue weighted by atomic mass is 9.84. The van der Waals surface area contributed by atoms with Gasteiger partial charge in [0.1, 0.15) is 0 Å². The highest BCUT2D eigenvalue weighted by Gasteiger charge is 2.33. The number of nitrogens with one attached hydrogen (secondary N) is 1. The monoisotopic (exact) mass is 287 g/mol. The van der Waals surface area contributed by atoms with Crippen LogP contribution in [0.1, 0.15) is 24.8 Å². The maximum atomic E-state index is 3.80. The van der Waals surface area contributed by atoms with E-state index in [0.29, 0.717) is 0 Å². The molecule has 3 aliphatic rings. The molecule has 3 fully saturated rings. The van der Waals surface area contributed by atoms with E-state index in [1.54, 1.807) is 0 Å². The molecule has 116 valence electrons. The zero-order valence-electron chi connectivity index (χ0n) is 13.3. The third kappa shape index (κ3) is 4.29. The van der Waals surface area contributed by atoms with Crippen LogP contribution in [0, 0.1) is 5.92 Å². The molecule has 1 aromatic carbocycles. The summed E-state index contributed by atoms with van der Waals surface area (Å²) in [6, 6.07) is 11.5. The Labute approximate surface area is 129 Å². The molecule has 1 atom stereocenters. The van der Waals surface area contributed by atoms with Crippen LogP contribution < -0.4 is 5.32 Å². The molecular formula is C18H29N3. The van der Waals surface area contributed by atoms with Crippen molar-refractivity contribution < 1.29 is 0 Å². The smallest absolute Gasteiger partial charge is 0.0230 e. The molecule has 1 aromatic rings. The molecule has 21 heavy (non-hydrogen) atoms. The highest BCUT2D eigenvalue weighted by Crippen LogP contribution is 2.27. The fourth-order valence-corrected chi connectivity index (χ4v) is 3.81. The van der Waals surface area contributed by atoms with E-state index in [-0.39, 0.29) is 0 Å². The highest BCUT2D eigenvalue weighted by molar-refractivity contribution is 5.14. The van der Waals surface area contributed by atoms with Crippen molar-refractivity contribution in [3.05, 3.63) is 35.9 Å². The molecular weight excluding hydrogens is 258 g/mol. The minimum Gasteiger partial charge on any atom is -0.312 e. The Hall–Kier alpha value is -0.900. The van der Waals surface area contributed by atoms with Crippen molar-refractivity contribution in [2.75, 3.05) is 39.8 Å². The van der Waals surface area contributed by atoms with Crippen LogP contribution in [-0.4, -0.2) is 55.6 Å². The third-order valence-corrected chi connectivity index (χ3v) is 5.07. The van der Waals surface area contributed by atoms with E-state index in [1.165, 1.54) is 51.0 Å². The Morgan fingerprint density at radius 3 is 2.62 bits per heavy atom. The molecule has 3 heterocycles. The third-order valence-electron chi connectivity index (χ3n) is 5.07. The first-order chi connectivity index (χ1) is 10.3. The summed E-state index contributed by atoms with van der Waals surface area (Å²) in [5.41, 5.74) is 1.41. The molecule has 0 radical (unpaired) electrons. The van der Waals surface area contributed by atoms with E-state index in [4.69, 9.17) is 0 Å². The predicted octanol–water partition coefficient (Wildman–Crippen LogP) is 2.19. The van der Waals surface area contributed by atoms with Gasteiger partial charge < -0.3 is 15.1 Å². The van der Waals surface area contributed by atoms with E-state index in [9.17, 15) is 0 Å². The lowest BCUT2D eigenvalue weighted by Gasteiger charge is -2.45. The number of rotatable bonds is 7. The van der Waals surface area contributed by atoms with Gasteiger partial charge in [-0.3, -0.25) is 0 Å². The number of benzene rings is 1. The second-order valence-corrected chi connectivity index (χ2v) is 6.78. The number of hydrogen-bond acceptors (Lipinski definition) is 3. The van der Waals surface area contributed by atoms with Gasteiger partial charge in [0.05, 0.1) is 0 Å². The van der Waals surface area contributed by atoms with Crippen molar-refractivity contribution in [2.24, 2.45) is 5.92 Å². The Morgan fingerprint density at radius 2 is 1.95 bits per heavy atom. The van der Waals surface area contributed by atoms with Gasteiger partial charge in [-0.2, -0.15) is 0 Å². The van der Waals surface area contributed by atoms with Gasteiger partial charge in [0.15, 0.2) is 0 Å². The molecule has 0 saturated carbocycles. The van der Waals surface area contributed by atoms with E-state index in [2.05, 4.69) is 52.5 Å². The normalized spacial score (nSPS) is 28.2. The second kappa shape index (κ2) is 7.39. The van der Waals surface area contributed by atoms with Gasteiger partial charge in [0, 0.05) is 19.1 Å². The van der Waals surface area contributed by atoms with Crippen molar-refractivity contribution in [1.29, 1.82) is 0 Å². The largest absolute Gasteiger partial charge is 0.312 e. The summed E-state index contributed by atoms with van der Waals surface area (Å²) in [5.74, 6) is 0.942. The molecule has 3 heteroatoms. The second-order valence-electron chi connectivity index (χ2n) is 6.78. The first-order valence-electron chi connectivity index (χ1n) is 8.49. The summed E-state index contributed by atoms with van der Waals surface area (Å²) >= 11 is 0. The van der Waals surface area contributed by atoms with E-state index >= 15 is 0 Å². The molecule has 1 N–H and O–H groups in total. The SMILES string of the molecule is CN(CCCNC1CN2CCC1CC2)Cc1ccccc1. The summed E-state index contributed by atoms with van der Waals surface area (Å²) in [6.45, 7) is 7.34. The number of fused-ring (bicyclic) bond motifs is 3. The van der Waals surface area contributed by atoms with Gasteiger partial charge in [-0.05, 0) is 64.0 Å². The maximum Gasteiger partial charge on any atom is 0.0230 e. The molecule has 0 aromatic heterocycles. The van der Waals surface area contributed by atoms with Gasteiger partial charge in [-0.25, -0.2) is 0 Å². The Morgan fingerprint density at radius 1 is 1.19 bits per heavy atom. The minimum absolute atomic E-state index is 0.756. The Balaban J connectivity index is 1.31. The highest BCUT2D eigenvalue weighted by atomic mass is 15.2. The van der Waals surface area contributed by atoms with E-state index < -0.39 is 0 Å². The first-order valence-corrected chi connectivity index (χ1v) is 8.49. The summed E-state index contributed by atoms with van der Waals surface area (Å²) in [6.07, 6.45) is 4.06. The zero-order chi connectivity index (χ0) is 14.5. The van der Waals surface area contributed by atoms with Gasteiger partial charge in [0.25, 0.3) is 0 Å². The summed E-state index contributed by atoms with van der Waals surface area (Å²) in [4.78, 5) is 5.05. The van der Waals surface area contributed by atoms with Crippen LogP contribution in [0.25, 0.3) is 0 Å². The van der Waals surface area contributed by atoms with E-state index in [0.717, 1.165) is 25.0 Å². The van der Waals surface area contributed by atoms with Crippen molar-refractivity contribution in [3.8, 4) is 0 Å². The number of hydrogen-bond donors (Lipinski definition) is 1. The van der Waals surface area contributed by atoms with Crippen LogP contribution in [0.3, 0.4) is 0 Å². The van der Waals surface area contributed by atoms with Gasteiger partial charge in [-0.15, -0.1) is 0 Å². The van der Waals surface area contributed by atoms with Crippen LogP contribution in [0.15, 0.2) is 30.3 Å². The molecule has 2 bridgehead atoms. The Bertz CT molecular complexity index is 412. The van der Waals surface area contributed by atoms with Crippen molar-refractivity contribution in [1.82, 2.24) is 15.1 Å². The van der Waals surface area contributed by atoms with Crippen molar-refractivity contribution in [3.63, 3.8) is 0 Å². The molecule has 3 nitrogen and oxygen atoms in total. The predicted molar refractivity (Wildman–Crippen MR) is 88.3 cm³/mol. The van der Waals surface area contributed by atoms with Gasteiger partial charge >= 0.3 is 0 Å². The molecule has 1 unspecified atom stereocenters. The molecule has 0 spiro atoms. The zero-order valence-corrected chi connectivity index (χ0v) is 13.3. The first kappa shape index (κ1) is 15.0. The molecule has 0 aliphatic carbocycles. The lowest BCUT2D eigenvalue weighted by Crippen LogP contribution is -2.56. The fraction of sp³-hybridized carbons (Fsp3) is 0.667. The van der Waals surface area contributed by atoms with Crippen LogP contribution >= 0.6 is 0 Å². The summed E-state index contributed by atoms with van der Waals surface area (Å²) < 4.78 is 0. The van der Waals surface area contributed by atoms with Crippen LogP contribution in [0.5, 0.6) is 0 Å². The lowest BCUT2D eigenvalue weighted by molar-refractivity contribution is 0.0724. The topological polar surface area (TPSA) is 18.5 Å². The van der Waals surface area contributed by atoms with Crippen molar-refractivity contribution >= 4 is 0 Å². The van der Waals surface area contributed by atoms with Crippen LogP contribution in [0.2, 0.25) is 0 Å². The average Bonchev–Trinajstić information content (AvgIpc) is 2.54. The number of piperidine rings is 3. The van der Waals surface area contributed by atoms with Gasteiger partial charge in [0.2, 0.25) is 0 Å². The molecule has 3 aliphatic heterocycles. The van der Waals surface area contributed by atoms with Gasteiger partial charge in [-0.1, -0.05) is 30.3 Å². The van der Waals surface area contributed by atoms with E-state index in [1.807, 2.05) is 0 Å². The fourth-order valence-electron chi connectivity index (χ4n) is 3.81. The minimum atomic E-state index is 0.756. The standard InChI is InChI=1S/C18H29N3/c1-20(14-16-6-3-2-4-7-16)11-5-10-19-18-15-21-12-8-17(18)9-13-21/h2-4,6-7,17-19H,5,8-15H2,1H3. The molecule has 4 rings (SSSR count). The summed E-state index contributed by atoms with van der Waals surface area (Å²) in [5, 5.41) is 3.80. The van der Waals surface area contributed by atoms with Crippen LogP contribution in [-0.2, 0) is 6.54 Å². The molecule has 3 saturated heterocycles. The average molecular weight is 287 g/mol. The van der Waals surface area contributed by atoms with Crippen LogP contribution in [0.4, 0.5) is 0 Å². The Kier molecular flexibility index (Phi) is 5.28. The molecule has 0 amide bonds.